The van der Waals surface area contributed by atoms with E-state index in [0.717, 1.165) is 33.4 Å². The van der Waals surface area contributed by atoms with Crippen LogP contribution in [0.2, 0.25) is 0 Å². The zero-order valence-corrected chi connectivity index (χ0v) is 20.9. The molecule has 0 heterocycles. The van der Waals surface area contributed by atoms with Gasteiger partial charge in [0.2, 0.25) is 0 Å². The number of halogens is 2. The molecule has 0 bridgehead atoms. The lowest BCUT2D eigenvalue weighted by atomic mass is 9.91. The van der Waals surface area contributed by atoms with Crippen LogP contribution in [0.3, 0.4) is 0 Å². The van der Waals surface area contributed by atoms with Gasteiger partial charge in [0, 0.05) is 7.05 Å². The van der Waals surface area contributed by atoms with E-state index in [1.807, 2.05) is 60.7 Å². The molecule has 0 aliphatic carbocycles. The first-order valence-corrected chi connectivity index (χ1v) is 12.6. The molecule has 0 saturated heterocycles. The van der Waals surface area contributed by atoms with Crippen LogP contribution in [0.25, 0.3) is 44.2 Å². The minimum atomic E-state index is -0.416. The van der Waals surface area contributed by atoms with Crippen LogP contribution < -0.4 is 4.90 Å². The summed E-state index contributed by atoms with van der Waals surface area (Å²) in [5.74, 6) is -0.816. The van der Waals surface area contributed by atoms with Crippen molar-refractivity contribution in [2.75, 3.05) is 11.9 Å². The van der Waals surface area contributed by atoms with Crippen LogP contribution in [0.5, 0.6) is 0 Å². The van der Waals surface area contributed by atoms with Crippen molar-refractivity contribution < 1.29 is 8.78 Å². The summed E-state index contributed by atoms with van der Waals surface area (Å²) in [5.41, 5.74) is 6.34. The highest BCUT2D eigenvalue weighted by molar-refractivity contribution is 5.98. The van der Waals surface area contributed by atoms with Crippen molar-refractivity contribution >= 4 is 22.1 Å². The van der Waals surface area contributed by atoms with E-state index in [1.54, 1.807) is 36.2 Å². The zero-order valence-electron chi connectivity index (χ0n) is 20.9. The first-order chi connectivity index (χ1) is 18.6. The lowest BCUT2D eigenvalue weighted by Crippen LogP contribution is -2.13. The third-order valence-corrected chi connectivity index (χ3v) is 7.02. The van der Waals surface area contributed by atoms with E-state index in [4.69, 9.17) is 0 Å². The van der Waals surface area contributed by atoms with Crippen molar-refractivity contribution in [1.82, 2.24) is 0 Å². The molecule has 38 heavy (non-hydrogen) atoms. The monoisotopic (exact) mass is 497 g/mol. The number of nitrogens with zero attached hydrogens (tertiary/aromatic N) is 1. The van der Waals surface area contributed by atoms with E-state index in [1.165, 1.54) is 16.8 Å². The van der Waals surface area contributed by atoms with Crippen LogP contribution in [0.1, 0.15) is 0 Å². The maximum absolute atomic E-state index is 15.8. The number of para-hydroxylation sites is 1. The number of hydrogen-bond donors (Lipinski definition) is 0. The fourth-order valence-corrected chi connectivity index (χ4v) is 5.10. The fraction of sp³-hybridized carbons (Fsp3) is 0.0286. The predicted molar refractivity (Wildman–Crippen MR) is 155 cm³/mol. The van der Waals surface area contributed by atoms with E-state index in [9.17, 15) is 4.39 Å². The lowest BCUT2D eigenvalue weighted by molar-refractivity contribution is 0.618. The first-order valence-electron chi connectivity index (χ1n) is 12.6. The maximum atomic E-state index is 15.8. The second-order valence-electron chi connectivity index (χ2n) is 9.33. The van der Waals surface area contributed by atoms with Crippen LogP contribution in [-0.2, 0) is 0 Å². The van der Waals surface area contributed by atoms with E-state index in [-0.39, 0.29) is 0 Å². The number of benzene rings is 6. The minimum absolute atomic E-state index is 0.308. The van der Waals surface area contributed by atoms with Crippen molar-refractivity contribution in [1.29, 1.82) is 0 Å². The Balaban J connectivity index is 1.53. The average Bonchev–Trinajstić information content (AvgIpc) is 2.97. The summed E-state index contributed by atoms with van der Waals surface area (Å²) in [6.45, 7) is 0. The Hall–Kier alpha value is -4.76. The summed E-state index contributed by atoms with van der Waals surface area (Å²) < 4.78 is 30.3. The standard InChI is InChI=1S/C35H25F2N/c1-38(34-20-8-7-19-32(34)36)35-23-31(25-11-3-2-4-12-25)30(22-33(35)37)27-16-9-15-26(21-27)29-18-10-14-24-13-5-6-17-28(24)29/h2-23H,1H3. The van der Waals surface area contributed by atoms with E-state index in [2.05, 4.69) is 42.5 Å². The smallest absolute Gasteiger partial charge is 0.147 e. The van der Waals surface area contributed by atoms with Crippen LogP contribution in [0.4, 0.5) is 20.2 Å². The van der Waals surface area contributed by atoms with Crippen molar-refractivity contribution in [3.8, 4) is 33.4 Å². The second-order valence-corrected chi connectivity index (χ2v) is 9.33. The quantitative estimate of drug-likeness (QED) is 0.229. The predicted octanol–water partition coefficient (Wildman–Crippen LogP) is 9.89. The van der Waals surface area contributed by atoms with E-state index in [0.29, 0.717) is 11.4 Å². The van der Waals surface area contributed by atoms with Crippen molar-refractivity contribution in [3.63, 3.8) is 0 Å². The van der Waals surface area contributed by atoms with Gasteiger partial charge in [-0.25, -0.2) is 8.78 Å². The third kappa shape index (κ3) is 4.33. The summed E-state index contributed by atoms with van der Waals surface area (Å²) in [4.78, 5) is 1.56. The summed E-state index contributed by atoms with van der Waals surface area (Å²) in [6, 6.07) is 42.5. The number of hydrogen-bond acceptors (Lipinski definition) is 1. The van der Waals surface area contributed by atoms with Crippen LogP contribution >= 0.6 is 0 Å². The van der Waals surface area contributed by atoms with Crippen molar-refractivity contribution in [2.24, 2.45) is 0 Å². The third-order valence-electron chi connectivity index (χ3n) is 7.02. The highest BCUT2D eigenvalue weighted by Gasteiger charge is 2.19. The molecule has 0 amide bonds. The molecule has 6 aromatic carbocycles. The molecule has 184 valence electrons. The number of fused-ring (bicyclic) bond motifs is 1. The molecular weight excluding hydrogens is 472 g/mol. The Bertz CT molecular complexity index is 1750. The molecule has 0 fully saturated rings. The van der Waals surface area contributed by atoms with Gasteiger partial charge in [-0.3, -0.25) is 0 Å². The molecule has 0 radical (unpaired) electrons. The average molecular weight is 498 g/mol. The topological polar surface area (TPSA) is 3.24 Å². The van der Waals surface area contributed by atoms with Gasteiger partial charge < -0.3 is 4.90 Å². The molecule has 0 aliphatic rings. The Morgan fingerprint density at radius 2 is 1.05 bits per heavy atom. The normalized spacial score (nSPS) is 11.0. The van der Waals surface area contributed by atoms with Crippen LogP contribution in [0, 0.1) is 11.6 Å². The SMILES string of the molecule is CN(c1ccccc1F)c1cc(-c2ccccc2)c(-c2cccc(-c3cccc4ccccc34)c2)cc1F. The summed E-state index contributed by atoms with van der Waals surface area (Å²) in [5, 5.41) is 2.34. The molecule has 0 spiro atoms. The lowest BCUT2D eigenvalue weighted by Gasteiger charge is -2.23. The molecule has 0 aliphatic heterocycles. The van der Waals surface area contributed by atoms with E-state index < -0.39 is 11.6 Å². The summed E-state index contributed by atoms with van der Waals surface area (Å²) in [6.07, 6.45) is 0. The molecule has 0 aromatic heterocycles. The molecule has 0 unspecified atom stereocenters. The number of rotatable bonds is 5. The van der Waals surface area contributed by atoms with Gasteiger partial charge in [-0.1, -0.05) is 103 Å². The van der Waals surface area contributed by atoms with Crippen molar-refractivity contribution in [2.45, 2.75) is 0 Å². The first kappa shape index (κ1) is 23.6. The van der Waals surface area contributed by atoms with Crippen molar-refractivity contribution in [3.05, 3.63) is 145 Å². The summed E-state index contributed by atoms with van der Waals surface area (Å²) in [7, 11) is 1.69. The molecule has 3 heteroatoms. The van der Waals surface area contributed by atoms with Gasteiger partial charge in [0.25, 0.3) is 0 Å². The highest BCUT2D eigenvalue weighted by atomic mass is 19.1. The van der Waals surface area contributed by atoms with Gasteiger partial charge in [0.05, 0.1) is 11.4 Å². The summed E-state index contributed by atoms with van der Waals surface area (Å²) >= 11 is 0. The zero-order chi connectivity index (χ0) is 26.1. The second kappa shape index (κ2) is 9.95. The van der Waals surface area contributed by atoms with Gasteiger partial charge in [0.1, 0.15) is 11.6 Å². The Morgan fingerprint density at radius 3 is 1.87 bits per heavy atom. The highest BCUT2D eigenvalue weighted by Crippen LogP contribution is 2.40. The number of anilines is 2. The molecule has 1 nitrogen and oxygen atoms in total. The van der Waals surface area contributed by atoms with Crippen LogP contribution in [-0.4, -0.2) is 7.05 Å². The Kier molecular flexibility index (Phi) is 6.19. The minimum Gasteiger partial charge on any atom is -0.340 e. The van der Waals surface area contributed by atoms with Gasteiger partial charge >= 0.3 is 0 Å². The molecule has 0 saturated carbocycles. The Labute approximate surface area is 221 Å². The molecule has 6 rings (SSSR count). The van der Waals surface area contributed by atoms with Crippen LogP contribution in [0.15, 0.2) is 133 Å². The molecular formula is C35H25F2N. The molecule has 0 atom stereocenters. The Morgan fingerprint density at radius 1 is 0.447 bits per heavy atom. The van der Waals surface area contributed by atoms with Gasteiger partial charge in [0.15, 0.2) is 0 Å². The fourth-order valence-electron chi connectivity index (χ4n) is 5.10. The molecule has 0 N–H and O–H groups in total. The van der Waals surface area contributed by atoms with Gasteiger partial charge in [-0.2, -0.15) is 0 Å². The molecule has 6 aromatic rings. The maximum Gasteiger partial charge on any atom is 0.147 e. The van der Waals surface area contributed by atoms with Gasteiger partial charge in [-0.05, 0) is 74.5 Å². The van der Waals surface area contributed by atoms with E-state index >= 15 is 4.39 Å². The van der Waals surface area contributed by atoms with Gasteiger partial charge in [-0.15, -0.1) is 0 Å². The largest absolute Gasteiger partial charge is 0.340 e.